The van der Waals surface area contributed by atoms with Gasteiger partial charge in [0.15, 0.2) is 11.5 Å². The van der Waals surface area contributed by atoms with Crippen molar-refractivity contribution in [2.24, 2.45) is 5.92 Å². The SMILES string of the molecule is CC1CCc2sc(-c3nnc(SC(C)C(=O)Nc4ccc5c(c4)OCCO5)o3)cc2C1. The number of fused-ring (bicyclic) bond motifs is 2. The molecular formula is C22H23N3O4S2. The fourth-order valence-electron chi connectivity index (χ4n) is 3.74. The Labute approximate surface area is 188 Å². The molecule has 0 bridgehead atoms. The van der Waals surface area contributed by atoms with Crippen molar-refractivity contribution >= 4 is 34.7 Å². The lowest BCUT2D eigenvalue weighted by atomic mass is 9.90. The van der Waals surface area contributed by atoms with Crippen LogP contribution in [0.5, 0.6) is 11.5 Å². The van der Waals surface area contributed by atoms with E-state index in [1.54, 1.807) is 29.5 Å². The molecule has 1 aliphatic heterocycles. The van der Waals surface area contributed by atoms with Gasteiger partial charge in [0.05, 0.1) is 10.1 Å². The van der Waals surface area contributed by atoms with E-state index in [1.165, 1.54) is 28.6 Å². The Kier molecular flexibility index (Phi) is 5.62. The number of anilines is 1. The van der Waals surface area contributed by atoms with Crippen LogP contribution in [0.1, 0.15) is 30.7 Å². The zero-order valence-corrected chi connectivity index (χ0v) is 19.0. The molecule has 7 nitrogen and oxygen atoms in total. The number of rotatable bonds is 5. The van der Waals surface area contributed by atoms with Gasteiger partial charge in [-0.2, -0.15) is 0 Å². The van der Waals surface area contributed by atoms with Gasteiger partial charge in [0.25, 0.3) is 11.1 Å². The van der Waals surface area contributed by atoms with Gasteiger partial charge < -0.3 is 19.2 Å². The van der Waals surface area contributed by atoms with E-state index in [9.17, 15) is 4.79 Å². The quantitative estimate of drug-likeness (QED) is 0.550. The van der Waals surface area contributed by atoms with Crippen LogP contribution in [-0.4, -0.2) is 34.6 Å². The second kappa shape index (κ2) is 8.55. The molecule has 0 saturated carbocycles. The molecule has 5 rings (SSSR count). The molecule has 162 valence electrons. The van der Waals surface area contributed by atoms with E-state index in [-0.39, 0.29) is 5.91 Å². The molecule has 2 atom stereocenters. The highest BCUT2D eigenvalue weighted by Gasteiger charge is 2.23. The molecule has 1 aromatic carbocycles. The number of thiophene rings is 1. The van der Waals surface area contributed by atoms with Gasteiger partial charge in [-0.3, -0.25) is 4.79 Å². The molecule has 2 unspecified atom stereocenters. The molecule has 1 N–H and O–H groups in total. The first-order valence-corrected chi connectivity index (χ1v) is 12.1. The number of carbonyl (C=O) groups is 1. The number of nitrogens with zero attached hydrogens (tertiary/aromatic N) is 2. The molecule has 1 aliphatic carbocycles. The van der Waals surface area contributed by atoms with E-state index >= 15 is 0 Å². The summed E-state index contributed by atoms with van der Waals surface area (Å²) in [5.41, 5.74) is 2.06. The predicted octanol–water partition coefficient (Wildman–Crippen LogP) is 4.81. The van der Waals surface area contributed by atoms with Gasteiger partial charge in [-0.15, -0.1) is 21.5 Å². The van der Waals surface area contributed by atoms with E-state index in [1.807, 2.05) is 6.92 Å². The summed E-state index contributed by atoms with van der Waals surface area (Å²) in [4.78, 5) is 15.1. The number of hydrogen-bond acceptors (Lipinski definition) is 8. The van der Waals surface area contributed by atoms with Gasteiger partial charge >= 0.3 is 0 Å². The number of aryl methyl sites for hydroxylation is 1. The zero-order chi connectivity index (χ0) is 21.4. The number of hydrogen-bond donors (Lipinski definition) is 1. The van der Waals surface area contributed by atoms with E-state index in [0.717, 1.165) is 23.6 Å². The normalized spacial score (nSPS) is 18.3. The summed E-state index contributed by atoms with van der Waals surface area (Å²) in [6, 6.07) is 7.55. The van der Waals surface area contributed by atoms with Crippen molar-refractivity contribution in [3.05, 3.63) is 34.7 Å². The summed E-state index contributed by atoms with van der Waals surface area (Å²) in [6.45, 7) is 5.14. The van der Waals surface area contributed by atoms with Crippen LogP contribution in [-0.2, 0) is 17.6 Å². The minimum absolute atomic E-state index is 0.151. The second-order valence-corrected chi connectivity index (χ2v) is 10.3. The van der Waals surface area contributed by atoms with Crippen molar-refractivity contribution in [2.75, 3.05) is 18.5 Å². The molecule has 31 heavy (non-hydrogen) atoms. The maximum absolute atomic E-state index is 12.6. The first kappa shape index (κ1) is 20.4. The van der Waals surface area contributed by atoms with Crippen LogP contribution in [0.25, 0.3) is 10.8 Å². The van der Waals surface area contributed by atoms with Crippen molar-refractivity contribution in [1.82, 2.24) is 10.2 Å². The summed E-state index contributed by atoms with van der Waals surface area (Å²) in [5.74, 6) is 2.42. The third kappa shape index (κ3) is 4.43. The molecular weight excluding hydrogens is 434 g/mol. The van der Waals surface area contributed by atoms with Crippen LogP contribution in [0.2, 0.25) is 0 Å². The lowest BCUT2D eigenvalue weighted by Gasteiger charge is -2.19. The van der Waals surface area contributed by atoms with Crippen LogP contribution in [0.15, 0.2) is 33.9 Å². The summed E-state index contributed by atoms with van der Waals surface area (Å²) < 4.78 is 16.9. The van der Waals surface area contributed by atoms with Crippen LogP contribution in [0.4, 0.5) is 5.69 Å². The van der Waals surface area contributed by atoms with Crippen LogP contribution < -0.4 is 14.8 Å². The van der Waals surface area contributed by atoms with Crippen LogP contribution in [0, 0.1) is 5.92 Å². The molecule has 1 amide bonds. The lowest BCUT2D eigenvalue weighted by Crippen LogP contribution is -2.22. The van der Waals surface area contributed by atoms with Crippen molar-refractivity contribution in [2.45, 2.75) is 43.6 Å². The second-order valence-electron chi connectivity index (χ2n) is 7.89. The van der Waals surface area contributed by atoms with Gasteiger partial charge in [0.1, 0.15) is 13.2 Å². The Balaban J connectivity index is 1.22. The third-order valence-corrected chi connectivity index (χ3v) is 7.56. The number of thioether (sulfide) groups is 1. The molecule has 2 aliphatic rings. The van der Waals surface area contributed by atoms with E-state index in [2.05, 4.69) is 28.5 Å². The first-order chi connectivity index (χ1) is 15.0. The minimum Gasteiger partial charge on any atom is -0.486 e. The summed E-state index contributed by atoms with van der Waals surface area (Å²) in [6.07, 6.45) is 3.46. The van der Waals surface area contributed by atoms with Gasteiger partial charge in [-0.05, 0) is 55.9 Å². The average Bonchev–Trinajstić information content (AvgIpc) is 3.40. The molecule has 9 heteroatoms. The number of amides is 1. The van der Waals surface area contributed by atoms with E-state index in [4.69, 9.17) is 13.9 Å². The predicted molar refractivity (Wildman–Crippen MR) is 120 cm³/mol. The number of carbonyl (C=O) groups excluding carboxylic acids is 1. The smallest absolute Gasteiger partial charge is 0.277 e. The van der Waals surface area contributed by atoms with Crippen LogP contribution >= 0.6 is 23.1 Å². The maximum Gasteiger partial charge on any atom is 0.277 e. The standard InChI is InChI=1S/C22H23N3O4S2/c1-12-3-6-18-14(9-12)10-19(31-18)21-24-25-22(29-21)30-13(2)20(26)23-15-4-5-16-17(11-15)28-8-7-27-16/h4-5,10-13H,3,6-9H2,1-2H3,(H,23,26). The summed E-state index contributed by atoms with van der Waals surface area (Å²) in [5, 5.41) is 11.2. The fourth-order valence-corrected chi connectivity index (χ4v) is 5.55. The number of ether oxygens (including phenoxy) is 2. The summed E-state index contributed by atoms with van der Waals surface area (Å²) >= 11 is 2.98. The Morgan fingerprint density at radius 2 is 2.06 bits per heavy atom. The molecule has 0 saturated heterocycles. The monoisotopic (exact) mass is 457 g/mol. The number of aromatic nitrogens is 2. The van der Waals surface area contributed by atoms with Gasteiger partial charge in [0, 0.05) is 16.6 Å². The van der Waals surface area contributed by atoms with Gasteiger partial charge in [0.2, 0.25) is 5.91 Å². The molecule has 2 aromatic heterocycles. The van der Waals surface area contributed by atoms with Crippen molar-refractivity contribution in [3.63, 3.8) is 0 Å². The Morgan fingerprint density at radius 1 is 1.23 bits per heavy atom. The highest BCUT2D eigenvalue weighted by Crippen LogP contribution is 2.38. The highest BCUT2D eigenvalue weighted by atomic mass is 32.2. The molecule has 0 radical (unpaired) electrons. The van der Waals surface area contributed by atoms with Crippen molar-refractivity contribution in [3.8, 4) is 22.3 Å². The van der Waals surface area contributed by atoms with Gasteiger partial charge in [-0.1, -0.05) is 18.7 Å². The van der Waals surface area contributed by atoms with E-state index < -0.39 is 5.25 Å². The van der Waals surface area contributed by atoms with E-state index in [0.29, 0.717) is 41.5 Å². The summed E-state index contributed by atoms with van der Waals surface area (Å²) in [7, 11) is 0. The third-order valence-electron chi connectivity index (χ3n) is 5.40. The molecule has 3 aromatic rings. The zero-order valence-electron chi connectivity index (χ0n) is 17.3. The molecule has 3 heterocycles. The Morgan fingerprint density at radius 3 is 2.94 bits per heavy atom. The topological polar surface area (TPSA) is 86.5 Å². The molecule has 0 fully saturated rings. The van der Waals surface area contributed by atoms with Crippen molar-refractivity contribution in [1.29, 1.82) is 0 Å². The first-order valence-electron chi connectivity index (χ1n) is 10.4. The van der Waals surface area contributed by atoms with Crippen molar-refractivity contribution < 1.29 is 18.7 Å². The van der Waals surface area contributed by atoms with Gasteiger partial charge in [-0.25, -0.2) is 0 Å². The maximum atomic E-state index is 12.6. The minimum atomic E-state index is -0.404. The Bertz CT molecular complexity index is 1110. The lowest BCUT2D eigenvalue weighted by molar-refractivity contribution is -0.115. The van der Waals surface area contributed by atoms with Crippen LogP contribution in [0.3, 0.4) is 0 Å². The Hall–Kier alpha value is -2.52. The molecule has 0 spiro atoms. The number of nitrogens with one attached hydrogen (secondary N) is 1. The number of benzene rings is 1. The highest BCUT2D eigenvalue weighted by molar-refractivity contribution is 8.00. The largest absolute Gasteiger partial charge is 0.486 e. The average molecular weight is 458 g/mol. The fraction of sp³-hybridized carbons (Fsp3) is 0.409.